The highest BCUT2D eigenvalue weighted by atomic mass is 35.5. The molecule has 8 nitrogen and oxygen atoms in total. The number of amides is 2. The Labute approximate surface area is 191 Å². The predicted molar refractivity (Wildman–Crippen MR) is 124 cm³/mol. The third-order valence-corrected chi connectivity index (χ3v) is 6.37. The molecule has 2 amide bonds. The molecule has 1 fully saturated rings. The highest BCUT2D eigenvalue weighted by Gasteiger charge is 2.26. The minimum Gasteiger partial charge on any atom is -0.361 e. The van der Waals surface area contributed by atoms with Crippen molar-refractivity contribution in [2.75, 3.05) is 37.2 Å². The Bertz CT molecular complexity index is 1280. The summed E-state index contributed by atoms with van der Waals surface area (Å²) >= 11 is 6.04. The Morgan fingerprint density at radius 1 is 1.06 bits per heavy atom. The van der Waals surface area contributed by atoms with E-state index in [1.165, 1.54) is 12.1 Å². The standard InChI is InChI=1S/C22H23ClN4O4S/c1-32(30,31)25-20-12-15(6-7-18(20)23)22(29)27-10-8-26(9-11-27)21(28)13-16-14-24-19-5-3-2-4-17(16)19/h2-7,12,14,24-25H,8-11,13H2,1H3. The molecule has 0 saturated carbocycles. The van der Waals surface area contributed by atoms with Crippen molar-refractivity contribution in [3.05, 3.63) is 64.8 Å². The molecule has 1 aliphatic heterocycles. The Morgan fingerprint density at radius 3 is 2.47 bits per heavy atom. The van der Waals surface area contributed by atoms with Crippen molar-refractivity contribution < 1.29 is 18.0 Å². The number of carbonyl (C=O) groups excluding carboxylic acids is 2. The Morgan fingerprint density at radius 2 is 1.75 bits per heavy atom. The zero-order valence-corrected chi connectivity index (χ0v) is 19.0. The molecule has 0 bridgehead atoms. The van der Waals surface area contributed by atoms with Gasteiger partial charge in [0.05, 0.1) is 23.4 Å². The van der Waals surface area contributed by atoms with Gasteiger partial charge in [-0.05, 0) is 29.8 Å². The Balaban J connectivity index is 1.38. The number of para-hydroxylation sites is 1. The van der Waals surface area contributed by atoms with Crippen molar-refractivity contribution in [1.29, 1.82) is 0 Å². The number of benzene rings is 2. The number of fused-ring (bicyclic) bond motifs is 1. The molecule has 2 heterocycles. The van der Waals surface area contributed by atoms with Crippen LogP contribution in [0.1, 0.15) is 15.9 Å². The van der Waals surface area contributed by atoms with Gasteiger partial charge in [-0.2, -0.15) is 0 Å². The molecule has 3 aromatic rings. The van der Waals surface area contributed by atoms with E-state index in [1.54, 1.807) is 15.9 Å². The van der Waals surface area contributed by atoms with E-state index in [2.05, 4.69) is 9.71 Å². The van der Waals surface area contributed by atoms with Crippen molar-refractivity contribution in [1.82, 2.24) is 14.8 Å². The molecule has 2 aromatic carbocycles. The lowest BCUT2D eigenvalue weighted by Gasteiger charge is -2.35. The normalized spacial score (nSPS) is 14.6. The second-order valence-corrected chi connectivity index (χ2v) is 9.93. The van der Waals surface area contributed by atoms with Crippen LogP contribution >= 0.6 is 11.6 Å². The van der Waals surface area contributed by atoms with Crippen LogP contribution in [-0.4, -0.2) is 67.5 Å². The molecule has 2 N–H and O–H groups in total. The van der Waals surface area contributed by atoms with Gasteiger partial charge in [0.15, 0.2) is 0 Å². The highest BCUT2D eigenvalue weighted by Crippen LogP contribution is 2.25. The highest BCUT2D eigenvalue weighted by molar-refractivity contribution is 7.92. The third kappa shape index (κ3) is 4.89. The maximum atomic E-state index is 12.9. The second-order valence-electron chi connectivity index (χ2n) is 7.78. The van der Waals surface area contributed by atoms with Crippen molar-refractivity contribution in [2.45, 2.75) is 6.42 Å². The third-order valence-electron chi connectivity index (χ3n) is 5.44. The van der Waals surface area contributed by atoms with Crippen molar-refractivity contribution >= 4 is 50.0 Å². The summed E-state index contributed by atoms with van der Waals surface area (Å²) in [6, 6.07) is 12.3. The first-order valence-electron chi connectivity index (χ1n) is 10.1. The summed E-state index contributed by atoms with van der Waals surface area (Å²) in [6.07, 6.45) is 3.19. The van der Waals surface area contributed by atoms with E-state index in [0.29, 0.717) is 38.2 Å². The molecule has 0 unspecified atom stereocenters. The molecule has 1 aromatic heterocycles. The van der Waals surface area contributed by atoms with Gasteiger partial charge in [-0.25, -0.2) is 8.42 Å². The molecule has 0 spiro atoms. The number of rotatable bonds is 5. The molecular weight excluding hydrogens is 452 g/mol. The maximum absolute atomic E-state index is 12.9. The van der Waals surface area contributed by atoms with E-state index in [-0.39, 0.29) is 22.5 Å². The Hall–Kier alpha value is -3.04. The number of nitrogens with zero attached hydrogens (tertiary/aromatic N) is 2. The van der Waals surface area contributed by atoms with Crippen LogP contribution in [0.5, 0.6) is 0 Å². The molecule has 0 radical (unpaired) electrons. The van der Waals surface area contributed by atoms with Crippen LogP contribution in [0.15, 0.2) is 48.7 Å². The Kier molecular flexibility index (Phi) is 6.12. The molecule has 0 aliphatic carbocycles. The van der Waals surface area contributed by atoms with Crippen LogP contribution < -0.4 is 4.72 Å². The summed E-state index contributed by atoms with van der Waals surface area (Å²) < 4.78 is 25.4. The zero-order chi connectivity index (χ0) is 22.9. The van der Waals surface area contributed by atoms with Gasteiger partial charge >= 0.3 is 0 Å². The van der Waals surface area contributed by atoms with E-state index in [9.17, 15) is 18.0 Å². The van der Waals surface area contributed by atoms with E-state index < -0.39 is 10.0 Å². The molecule has 4 rings (SSSR count). The SMILES string of the molecule is CS(=O)(=O)Nc1cc(C(=O)N2CCN(C(=O)Cc3c[nH]c4ccccc34)CC2)ccc1Cl. The van der Waals surface area contributed by atoms with Gasteiger partial charge in [0.25, 0.3) is 5.91 Å². The number of hydrogen-bond acceptors (Lipinski definition) is 4. The monoisotopic (exact) mass is 474 g/mol. The second kappa shape index (κ2) is 8.84. The molecule has 1 aliphatic rings. The number of H-pyrrole nitrogens is 1. The van der Waals surface area contributed by atoms with E-state index in [1.807, 2.05) is 30.5 Å². The number of anilines is 1. The van der Waals surface area contributed by atoms with Gasteiger partial charge in [-0.3, -0.25) is 14.3 Å². The van der Waals surface area contributed by atoms with E-state index >= 15 is 0 Å². The number of nitrogens with one attached hydrogen (secondary N) is 2. The fourth-order valence-electron chi connectivity index (χ4n) is 3.83. The van der Waals surface area contributed by atoms with Gasteiger partial charge < -0.3 is 14.8 Å². The molecule has 0 atom stereocenters. The van der Waals surface area contributed by atoms with Crippen LogP contribution in [0, 0.1) is 0 Å². The smallest absolute Gasteiger partial charge is 0.254 e. The van der Waals surface area contributed by atoms with Crippen LogP contribution in [-0.2, 0) is 21.2 Å². The molecule has 1 saturated heterocycles. The summed E-state index contributed by atoms with van der Waals surface area (Å²) in [5.74, 6) is -0.213. The first kappa shape index (κ1) is 22.2. The van der Waals surface area contributed by atoms with Gasteiger partial charge in [-0.1, -0.05) is 29.8 Å². The largest absolute Gasteiger partial charge is 0.361 e. The number of aromatic nitrogens is 1. The molecular formula is C22H23ClN4O4S. The minimum absolute atomic E-state index is 0.0213. The topological polar surface area (TPSA) is 103 Å². The molecule has 32 heavy (non-hydrogen) atoms. The first-order chi connectivity index (χ1) is 15.2. The van der Waals surface area contributed by atoms with Crippen molar-refractivity contribution in [3.8, 4) is 0 Å². The van der Waals surface area contributed by atoms with Gasteiger partial charge in [0, 0.05) is 48.8 Å². The predicted octanol–water partition coefficient (Wildman–Crippen LogP) is 2.72. The van der Waals surface area contributed by atoms with Crippen LogP contribution in [0.4, 0.5) is 5.69 Å². The van der Waals surface area contributed by atoms with Crippen LogP contribution in [0.3, 0.4) is 0 Å². The summed E-state index contributed by atoms with van der Waals surface area (Å²) in [6.45, 7) is 1.68. The lowest BCUT2D eigenvalue weighted by atomic mass is 10.1. The molecule has 10 heteroatoms. The summed E-state index contributed by atoms with van der Waals surface area (Å²) in [7, 11) is -3.53. The number of halogens is 1. The lowest BCUT2D eigenvalue weighted by Crippen LogP contribution is -2.51. The first-order valence-corrected chi connectivity index (χ1v) is 12.4. The number of aromatic amines is 1. The fourth-order valence-corrected chi connectivity index (χ4v) is 4.62. The minimum atomic E-state index is -3.53. The van der Waals surface area contributed by atoms with Gasteiger partial charge in [-0.15, -0.1) is 0 Å². The van der Waals surface area contributed by atoms with E-state index in [4.69, 9.17) is 11.6 Å². The van der Waals surface area contributed by atoms with Gasteiger partial charge in [0.2, 0.25) is 15.9 Å². The van der Waals surface area contributed by atoms with Crippen molar-refractivity contribution in [2.24, 2.45) is 0 Å². The summed E-state index contributed by atoms with van der Waals surface area (Å²) in [5.41, 5.74) is 2.45. The number of piperazine rings is 1. The zero-order valence-electron chi connectivity index (χ0n) is 17.5. The summed E-state index contributed by atoms with van der Waals surface area (Å²) in [5, 5.41) is 1.25. The van der Waals surface area contributed by atoms with Gasteiger partial charge in [0.1, 0.15) is 0 Å². The summed E-state index contributed by atoms with van der Waals surface area (Å²) in [4.78, 5) is 32.3. The van der Waals surface area contributed by atoms with Crippen LogP contribution in [0.25, 0.3) is 10.9 Å². The maximum Gasteiger partial charge on any atom is 0.254 e. The average molecular weight is 475 g/mol. The number of hydrogen-bond donors (Lipinski definition) is 2. The number of carbonyl (C=O) groups is 2. The number of sulfonamides is 1. The van der Waals surface area contributed by atoms with E-state index in [0.717, 1.165) is 22.7 Å². The molecule has 168 valence electrons. The van der Waals surface area contributed by atoms with Crippen molar-refractivity contribution in [3.63, 3.8) is 0 Å². The quantitative estimate of drug-likeness (QED) is 0.593. The fraction of sp³-hybridized carbons (Fsp3) is 0.273. The average Bonchev–Trinajstić information content (AvgIpc) is 3.17. The lowest BCUT2D eigenvalue weighted by molar-refractivity contribution is -0.131. The van der Waals surface area contributed by atoms with Crippen LogP contribution in [0.2, 0.25) is 5.02 Å².